The van der Waals surface area contributed by atoms with Crippen molar-refractivity contribution >= 4 is 5.78 Å². The molecule has 138 valence electrons. The molecule has 0 aliphatic rings. The maximum absolute atomic E-state index is 12.4. The average molecular weight is 364 g/mol. The fourth-order valence-electron chi connectivity index (χ4n) is 2.72. The Morgan fingerprint density at radius 2 is 1.63 bits per heavy atom. The van der Waals surface area contributed by atoms with Gasteiger partial charge in [-0.1, -0.05) is 36.4 Å². The molecule has 0 spiro atoms. The van der Waals surface area contributed by atoms with Gasteiger partial charge in [0.15, 0.2) is 5.78 Å². The molecule has 0 saturated heterocycles. The van der Waals surface area contributed by atoms with Gasteiger partial charge in [0.25, 0.3) is 0 Å². The predicted octanol–water partition coefficient (Wildman–Crippen LogP) is 4.20. The zero-order valence-corrected chi connectivity index (χ0v) is 14.6. The highest BCUT2D eigenvalue weighted by Gasteiger charge is 2.13. The molecule has 3 aromatic rings. The van der Waals surface area contributed by atoms with E-state index in [1.807, 2.05) is 30.3 Å². The van der Waals surface area contributed by atoms with E-state index in [0.717, 1.165) is 5.56 Å². The standard InChI is InChI=1S/C22H20O5/c23-17-8-6-16(21(25)12-17)7-11-20(24)19-10-9-18(13-22(19)26)27-14-15-4-2-1-3-5-15/h1-6,8-10,12-13,23,25-26H,7,11,14H2. The predicted molar refractivity (Wildman–Crippen MR) is 101 cm³/mol. The molecule has 0 atom stereocenters. The molecule has 3 aromatic carbocycles. The first-order valence-electron chi connectivity index (χ1n) is 8.57. The maximum Gasteiger partial charge on any atom is 0.166 e. The van der Waals surface area contributed by atoms with E-state index in [4.69, 9.17) is 4.74 Å². The van der Waals surface area contributed by atoms with Crippen LogP contribution in [0.4, 0.5) is 0 Å². The van der Waals surface area contributed by atoms with Gasteiger partial charge in [0.2, 0.25) is 0 Å². The fourth-order valence-corrected chi connectivity index (χ4v) is 2.72. The third-order valence-corrected chi connectivity index (χ3v) is 4.21. The van der Waals surface area contributed by atoms with Crippen LogP contribution in [0.1, 0.15) is 27.9 Å². The molecule has 0 aliphatic carbocycles. The number of phenolic OH excluding ortho intramolecular Hbond substituents is 3. The van der Waals surface area contributed by atoms with E-state index in [0.29, 0.717) is 24.3 Å². The molecule has 0 saturated carbocycles. The highest BCUT2D eigenvalue weighted by atomic mass is 16.5. The first-order valence-corrected chi connectivity index (χ1v) is 8.57. The minimum absolute atomic E-state index is 0.0358. The summed E-state index contributed by atoms with van der Waals surface area (Å²) in [5, 5.41) is 29.2. The van der Waals surface area contributed by atoms with E-state index in [-0.39, 0.29) is 35.0 Å². The van der Waals surface area contributed by atoms with Gasteiger partial charge in [-0.2, -0.15) is 0 Å². The Labute approximate surface area is 157 Å². The van der Waals surface area contributed by atoms with Crippen molar-refractivity contribution < 1.29 is 24.9 Å². The number of benzene rings is 3. The van der Waals surface area contributed by atoms with Crippen LogP contribution in [0.2, 0.25) is 0 Å². The summed E-state index contributed by atoms with van der Waals surface area (Å²) in [6.45, 7) is 0.369. The van der Waals surface area contributed by atoms with E-state index in [9.17, 15) is 20.1 Å². The molecule has 0 amide bonds. The summed E-state index contributed by atoms with van der Waals surface area (Å²) < 4.78 is 5.64. The summed E-state index contributed by atoms with van der Waals surface area (Å²) in [5.41, 5.74) is 1.77. The van der Waals surface area contributed by atoms with Crippen molar-refractivity contribution in [2.45, 2.75) is 19.4 Å². The van der Waals surface area contributed by atoms with Gasteiger partial charge < -0.3 is 20.1 Å². The number of hydrogen-bond donors (Lipinski definition) is 3. The van der Waals surface area contributed by atoms with E-state index < -0.39 is 0 Å². The Hall–Kier alpha value is -3.47. The number of Topliss-reactive ketones (excluding diaryl/α,β-unsaturated/α-hetero) is 1. The first-order chi connectivity index (χ1) is 13.0. The third-order valence-electron chi connectivity index (χ3n) is 4.21. The lowest BCUT2D eigenvalue weighted by Crippen LogP contribution is -2.02. The molecule has 0 fully saturated rings. The van der Waals surface area contributed by atoms with Crippen LogP contribution in [0, 0.1) is 0 Å². The number of aryl methyl sites for hydroxylation is 1. The Kier molecular flexibility index (Phi) is 5.61. The monoisotopic (exact) mass is 364 g/mol. The van der Waals surface area contributed by atoms with Gasteiger partial charge in [0.05, 0.1) is 5.56 Å². The Bertz CT molecular complexity index is 935. The first kappa shape index (κ1) is 18.3. The van der Waals surface area contributed by atoms with Crippen molar-refractivity contribution in [3.05, 3.63) is 83.4 Å². The largest absolute Gasteiger partial charge is 0.508 e. The minimum atomic E-state index is -0.241. The van der Waals surface area contributed by atoms with E-state index in [1.165, 1.54) is 24.3 Å². The zero-order chi connectivity index (χ0) is 19.2. The van der Waals surface area contributed by atoms with Crippen molar-refractivity contribution in [1.29, 1.82) is 0 Å². The Morgan fingerprint density at radius 3 is 2.33 bits per heavy atom. The zero-order valence-electron chi connectivity index (χ0n) is 14.6. The number of hydrogen-bond acceptors (Lipinski definition) is 5. The van der Waals surface area contributed by atoms with Crippen LogP contribution < -0.4 is 4.74 Å². The number of aromatic hydroxyl groups is 3. The lowest BCUT2D eigenvalue weighted by molar-refractivity contribution is 0.0980. The molecule has 0 unspecified atom stereocenters. The van der Waals surface area contributed by atoms with Gasteiger partial charge in [-0.15, -0.1) is 0 Å². The van der Waals surface area contributed by atoms with Gasteiger partial charge in [0.1, 0.15) is 29.6 Å². The lowest BCUT2D eigenvalue weighted by atomic mass is 10.0. The number of ether oxygens (including phenoxy) is 1. The second-order valence-corrected chi connectivity index (χ2v) is 6.19. The van der Waals surface area contributed by atoms with Crippen LogP contribution in [0.25, 0.3) is 0 Å². The van der Waals surface area contributed by atoms with Gasteiger partial charge in [-0.25, -0.2) is 0 Å². The van der Waals surface area contributed by atoms with Crippen LogP contribution in [0.15, 0.2) is 66.7 Å². The molecule has 0 radical (unpaired) electrons. The van der Waals surface area contributed by atoms with E-state index >= 15 is 0 Å². The quantitative estimate of drug-likeness (QED) is 0.547. The number of carbonyl (C=O) groups excluding carboxylic acids is 1. The molecule has 0 heterocycles. The fraction of sp³-hybridized carbons (Fsp3) is 0.136. The molecule has 3 rings (SSSR count). The average Bonchev–Trinajstić information content (AvgIpc) is 2.66. The van der Waals surface area contributed by atoms with Crippen molar-refractivity contribution in [3.63, 3.8) is 0 Å². The molecule has 0 aromatic heterocycles. The summed E-state index contributed by atoms with van der Waals surface area (Å²) in [7, 11) is 0. The molecular weight excluding hydrogens is 344 g/mol. The summed E-state index contributed by atoms with van der Waals surface area (Å²) >= 11 is 0. The summed E-state index contributed by atoms with van der Waals surface area (Å²) in [6, 6.07) is 18.5. The number of carbonyl (C=O) groups is 1. The summed E-state index contributed by atoms with van der Waals surface area (Å²) in [5.74, 6) is 0.00199. The normalized spacial score (nSPS) is 10.5. The lowest BCUT2D eigenvalue weighted by Gasteiger charge is -2.09. The van der Waals surface area contributed by atoms with E-state index in [2.05, 4.69) is 0 Å². The van der Waals surface area contributed by atoms with Crippen LogP contribution in [0.5, 0.6) is 23.0 Å². The van der Waals surface area contributed by atoms with Gasteiger partial charge >= 0.3 is 0 Å². The van der Waals surface area contributed by atoms with Gasteiger partial charge in [0, 0.05) is 18.6 Å². The second-order valence-electron chi connectivity index (χ2n) is 6.19. The number of phenols is 3. The number of ketones is 1. The Balaban J connectivity index is 1.61. The van der Waals surface area contributed by atoms with Crippen LogP contribution in [-0.2, 0) is 13.0 Å². The van der Waals surface area contributed by atoms with Gasteiger partial charge in [-0.05, 0) is 35.7 Å². The molecule has 0 bridgehead atoms. The van der Waals surface area contributed by atoms with Crippen molar-refractivity contribution in [1.82, 2.24) is 0 Å². The highest BCUT2D eigenvalue weighted by Crippen LogP contribution is 2.27. The molecule has 27 heavy (non-hydrogen) atoms. The van der Waals surface area contributed by atoms with Crippen LogP contribution in [0.3, 0.4) is 0 Å². The topological polar surface area (TPSA) is 87.0 Å². The van der Waals surface area contributed by atoms with E-state index in [1.54, 1.807) is 12.1 Å². The smallest absolute Gasteiger partial charge is 0.166 e. The summed E-state index contributed by atoms with van der Waals surface area (Å²) in [6.07, 6.45) is 0.423. The van der Waals surface area contributed by atoms with Crippen molar-refractivity contribution in [3.8, 4) is 23.0 Å². The second kappa shape index (κ2) is 8.27. The van der Waals surface area contributed by atoms with Crippen molar-refractivity contribution in [2.24, 2.45) is 0 Å². The molecular formula is C22H20O5. The Morgan fingerprint density at radius 1 is 0.852 bits per heavy atom. The van der Waals surface area contributed by atoms with Crippen LogP contribution >= 0.6 is 0 Å². The summed E-state index contributed by atoms with van der Waals surface area (Å²) in [4.78, 5) is 12.4. The van der Waals surface area contributed by atoms with Gasteiger partial charge in [-0.3, -0.25) is 4.79 Å². The van der Waals surface area contributed by atoms with Crippen LogP contribution in [-0.4, -0.2) is 21.1 Å². The van der Waals surface area contributed by atoms with Crippen molar-refractivity contribution in [2.75, 3.05) is 0 Å². The maximum atomic E-state index is 12.4. The third kappa shape index (κ3) is 4.79. The minimum Gasteiger partial charge on any atom is -0.508 e. The highest BCUT2D eigenvalue weighted by molar-refractivity contribution is 5.98. The number of rotatable bonds is 7. The molecule has 5 heteroatoms. The molecule has 0 aliphatic heterocycles. The molecule has 3 N–H and O–H groups in total. The SMILES string of the molecule is O=C(CCc1ccc(O)cc1O)c1ccc(OCc2ccccc2)cc1O. The molecule has 5 nitrogen and oxygen atoms in total.